The summed E-state index contributed by atoms with van der Waals surface area (Å²) in [5, 5.41) is 20.1. The van der Waals surface area contributed by atoms with Crippen molar-refractivity contribution in [3.63, 3.8) is 0 Å². The molecule has 1 fully saturated rings. The Labute approximate surface area is 113 Å². The highest BCUT2D eigenvalue weighted by Gasteiger charge is 2.52. The Balaban J connectivity index is 2.89. The number of hydrogen-bond donors (Lipinski definition) is 2. The summed E-state index contributed by atoms with van der Waals surface area (Å²) < 4.78 is 16.3. The Morgan fingerprint density at radius 1 is 1.21 bits per heavy atom. The van der Waals surface area contributed by atoms with E-state index in [1.165, 1.54) is 6.92 Å². The summed E-state index contributed by atoms with van der Waals surface area (Å²) in [6.45, 7) is 10.1. The summed E-state index contributed by atoms with van der Waals surface area (Å²) >= 11 is 0. The minimum absolute atomic E-state index is 0.532. The average molecular weight is 276 g/mol. The second kappa shape index (κ2) is 5.36. The van der Waals surface area contributed by atoms with Crippen molar-refractivity contribution in [2.75, 3.05) is 0 Å². The van der Waals surface area contributed by atoms with Crippen LogP contribution in [0.5, 0.6) is 0 Å². The first-order chi connectivity index (χ1) is 8.44. The highest BCUT2D eigenvalue weighted by Crippen LogP contribution is 2.33. The first-order valence-corrected chi connectivity index (χ1v) is 6.33. The molecule has 0 radical (unpaired) electrons. The van der Waals surface area contributed by atoms with E-state index in [1.54, 1.807) is 13.8 Å². The topological polar surface area (TPSA) is 85.2 Å². The summed E-state index contributed by atoms with van der Waals surface area (Å²) in [4.78, 5) is 11.1. The van der Waals surface area contributed by atoms with Gasteiger partial charge in [0.2, 0.25) is 0 Å². The molecule has 0 aromatic carbocycles. The van der Waals surface area contributed by atoms with Gasteiger partial charge in [-0.05, 0) is 34.6 Å². The normalized spacial score (nSPS) is 34.9. The van der Waals surface area contributed by atoms with Crippen molar-refractivity contribution in [3.05, 3.63) is 0 Å². The largest absolute Gasteiger partial charge is 0.457 e. The predicted octanol–water partition coefficient (Wildman–Crippen LogP) is 0.590. The lowest BCUT2D eigenvalue weighted by atomic mass is 9.89. The van der Waals surface area contributed by atoms with Gasteiger partial charge >= 0.3 is 5.97 Å². The maximum atomic E-state index is 11.1. The van der Waals surface area contributed by atoms with Crippen LogP contribution < -0.4 is 0 Å². The lowest BCUT2D eigenvalue weighted by Gasteiger charge is -2.47. The Kier molecular flexibility index (Phi) is 4.62. The maximum Gasteiger partial charge on any atom is 0.303 e. The van der Waals surface area contributed by atoms with Gasteiger partial charge in [0.1, 0.15) is 17.8 Å². The Hall–Kier alpha value is -0.690. The molecule has 6 heteroatoms. The fraction of sp³-hybridized carbons (Fsp3) is 0.923. The van der Waals surface area contributed by atoms with E-state index in [0.717, 1.165) is 0 Å². The molecule has 0 aromatic heterocycles. The van der Waals surface area contributed by atoms with E-state index < -0.39 is 41.8 Å². The number of aliphatic hydroxyl groups excluding tert-OH is 2. The molecule has 0 amide bonds. The molecule has 1 aliphatic heterocycles. The van der Waals surface area contributed by atoms with Crippen molar-refractivity contribution in [1.82, 2.24) is 0 Å². The highest BCUT2D eigenvalue weighted by molar-refractivity contribution is 5.66. The predicted molar refractivity (Wildman–Crippen MR) is 67.4 cm³/mol. The van der Waals surface area contributed by atoms with E-state index in [4.69, 9.17) is 14.2 Å². The molecular formula is C13H24O6. The van der Waals surface area contributed by atoms with Gasteiger partial charge in [-0.25, -0.2) is 0 Å². The maximum absolute atomic E-state index is 11.1. The minimum Gasteiger partial charge on any atom is -0.457 e. The number of carbonyl (C=O) groups is 1. The van der Waals surface area contributed by atoms with Crippen molar-refractivity contribution < 1.29 is 29.2 Å². The number of carbonyl (C=O) groups excluding carboxylic acids is 1. The quantitative estimate of drug-likeness (QED) is 0.718. The van der Waals surface area contributed by atoms with E-state index in [2.05, 4.69) is 0 Å². The molecule has 0 aromatic rings. The van der Waals surface area contributed by atoms with Gasteiger partial charge in [0.15, 0.2) is 12.4 Å². The van der Waals surface area contributed by atoms with Crippen molar-refractivity contribution in [2.45, 2.75) is 77.3 Å². The Bertz CT molecular complexity index is 333. The molecule has 19 heavy (non-hydrogen) atoms. The average Bonchev–Trinajstić information content (AvgIpc) is 2.18. The SMILES string of the molecule is CC(=O)OC1[C@H](O)[C@H](O)[C@H](OC(C)(C)C)OC1(C)C. The first-order valence-electron chi connectivity index (χ1n) is 6.33. The second-order valence-electron chi connectivity index (χ2n) is 6.33. The summed E-state index contributed by atoms with van der Waals surface area (Å²) in [6, 6.07) is 0. The Morgan fingerprint density at radius 3 is 2.16 bits per heavy atom. The monoisotopic (exact) mass is 276 g/mol. The highest BCUT2D eigenvalue weighted by atomic mass is 16.7. The van der Waals surface area contributed by atoms with Gasteiger partial charge in [0, 0.05) is 6.92 Å². The van der Waals surface area contributed by atoms with Gasteiger partial charge in [0.25, 0.3) is 0 Å². The molecule has 0 bridgehead atoms. The molecule has 1 unspecified atom stereocenters. The number of rotatable bonds is 2. The Morgan fingerprint density at radius 2 is 1.74 bits per heavy atom. The van der Waals surface area contributed by atoms with Crippen molar-refractivity contribution >= 4 is 5.97 Å². The van der Waals surface area contributed by atoms with Crippen LogP contribution in [0.1, 0.15) is 41.5 Å². The molecule has 1 rings (SSSR count). The summed E-state index contributed by atoms with van der Waals surface area (Å²) in [5.74, 6) is -0.539. The van der Waals surface area contributed by atoms with E-state index in [1.807, 2.05) is 20.8 Å². The van der Waals surface area contributed by atoms with E-state index in [-0.39, 0.29) is 0 Å². The smallest absolute Gasteiger partial charge is 0.303 e. The van der Waals surface area contributed by atoms with Crippen LogP contribution in [0.2, 0.25) is 0 Å². The van der Waals surface area contributed by atoms with Gasteiger partial charge < -0.3 is 24.4 Å². The summed E-state index contributed by atoms with van der Waals surface area (Å²) in [6.07, 6.45) is -4.46. The minimum atomic E-state index is -1.28. The molecule has 1 aliphatic rings. The van der Waals surface area contributed by atoms with Crippen LogP contribution in [0.15, 0.2) is 0 Å². The van der Waals surface area contributed by atoms with Crippen molar-refractivity contribution in [2.24, 2.45) is 0 Å². The lowest BCUT2D eigenvalue weighted by molar-refractivity contribution is -0.341. The van der Waals surface area contributed by atoms with Crippen LogP contribution in [0.4, 0.5) is 0 Å². The lowest BCUT2D eigenvalue weighted by Crippen LogP contribution is -2.64. The van der Waals surface area contributed by atoms with Crippen LogP contribution in [-0.4, -0.2) is 52.0 Å². The van der Waals surface area contributed by atoms with E-state index in [9.17, 15) is 15.0 Å². The fourth-order valence-corrected chi connectivity index (χ4v) is 2.02. The van der Waals surface area contributed by atoms with Gasteiger partial charge in [-0.15, -0.1) is 0 Å². The molecular weight excluding hydrogens is 252 g/mol. The molecule has 4 atom stereocenters. The van der Waals surface area contributed by atoms with Crippen LogP contribution in [-0.2, 0) is 19.0 Å². The van der Waals surface area contributed by atoms with E-state index in [0.29, 0.717) is 0 Å². The van der Waals surface area contributed by atoms with Gasteiger partial charge in [0.05, 0.1) is 5.60 Å². The molecule has 112 valence electrons. The molecule has 6 nitrogen and oxygen atoms in total. The summed E-state index contributed by atoms with van der Waals surface area (Å²) in [5.41, 5.74) is -1.49. The molecule has 0 saturated carbocycles. The second-order valence-corrected chi connectivity index (χ2v) is 6.33. The number of aliphatic hydroxyl groups is 2. The fourth-order valence-electron chi connectivity index (χ4n) is 2.02. The standard InChI is InChI=1S/C13H24O6/c1-7(14)17-10-8(15)9(16)11(18-12(2,3)4)19-13(10,5)6/h8-11,15-16H,1-6H3/t8-,9+,10?,11-/m1/s1. The molecule has 1 heterocycles. The zero-order valence-electron chi connectivity index (χ0n) is 12.3. The number of ether oxygens (including phenoxy) is 3. The van der Waals surface area contributed by atoms with Gasteiger partial charge in [-0.3, -0.25) is 4.79 Å². The number of esters is 1. The summed E-state index contributed by atoms with van der Waals surface area (Å²) in [7, 11) is 0. The molecule has 1 saturated heterocycles. The van der Waals surface area contributed by atoms with Crippen LogP contribution >= 0.6 is 0 Å². The van der Waals surface area contributed by atoms with Crippen molar-refractivity contribution in [1.29, 1.82) is 0 Å². The van der Waals surface area contributed by atoms with Crippen LogP contribution in [0, 0.1) is 0 Å². The first kappa shape index (κ1) is 16.4. The molecule has 2 N–H and O–H groups in total. The third-order valence-electron chi connectivity index (χ3n) is 2.81. The van der Waals surface area contributed by atoms with Gasteiger partial charge in [-0.2, -0.15) is 0 Å². The number of hydrogen-bond acceptors (Lipinski definition) is 6. The zero-order valence-corrected chi connectivity index (χ0v) is 12.3. The third-order valence-corrected chi connectivity index (χ3v) is 2.81. The van der Waals surface area contributed by atoms with Crippen LogP contribution in [0.3, 0.4) is 0 Å². The van der Waals surface area contributed by atoms with Crippen LogP contribution in [0.25, 0.3) is 0 Å². The van der Waals surface area contributed by atoms with Crippen molar-refractivity contribution in [3.8, 4) is 0 Å². The van der Waals surface area contributed by atoms with E-state index >= 15 is 0 Å². The molecule has 0 aliphatic carbocycles. The molecule has 0 spiro atoms. The van der Waals surface area contributed by atoms with Gasteiger partial charge in [-0.1, -0.05) is 0 Å². The zero-order chi connectivity index (χ0) is 15.0. The third kappa shape index (κ3) is 4.14.